The molecule has 0 aromatic heterocycles. The molecule has 0 nitrogen and oxygen atoms in total. The van der Waals surface area contributed by atoms with Gasteiger partial charge >= 0.3 is 0 Å². The summed E-state index contributed by atoms with van der Waals surface area (Å²) in [7, 11) is 0. The number of hydrogen-bond donors (Lipinski definition) is 0. The molecule has 0 aliphatic heterocycles. The van der Waals surface area contributed by atoms with Gasteiger partial charge in [0.2, 0.25) is 0 Å². The molecule has 0 bridgehead atoms. The van der Waals surface area contributed by atoms with Gasteiger partial charge in [-0.25, -0.2) is 0 Å². The van der Waals surface area contributed by atoms with Crippen molar-refractivity contribution in [2.75, 3.05) is 0 Å². The average molecular weight is 303 g/mol. The standard InChI is InChI=1S/C9H20.C8H18.2C2H6/c1-5-8(3)7-9(4)6-2;1-5-8(4)6-7(2)3;2*1-2/h8-9H,5-7H2,1-4H3;7-8H,5-6H2,1-4H3;2*1-2H3. The van der Waals surface area contributed by atoms with E-state index in [0.29, 0.717) is 0 Å². The molecule has 134 valence electrons. The molecule has 0 aliphatic carbocycles. The Morgan fingerprint density at radius 1 is 0.476 bits per heavy atom. The summed E-state index contributed by atoms with van der Waals surface area (Å²) in [4.78, 5) is 0. The highest BCUT2D eigenvalue weighted by Crippen LogP contribution is 2.16. The molecule has 0 fully saturated rings. The monoisotopic (exact) mass is 302 g/mol. The van der Waals surface area contributed by atoms with Crippen LogP contribution in [0, 0.1) is 23.7 Å². The van der Waals surface area contributed by atoms with E-state index in [1.165, 1.54) is 32.1 Å². The van der Waals surface area contributed by atoms with Crippen LogP contribution in [0.15, 0.2) is 0 Å². The van der Waals surface area contributed by atoms with Crippen molar-refractivity contribution >= 4 is 0 Å². The number of hydrogen-bond acceptors (Lipinski definition) is 0. The Kier molecular flexibility index (Phi) is 34.6. The fraction of sp³-hybridized carbons (Fsp3) is 1.00. The second-order valence-corrected chi connectivity index (χ2v) is 6.41. The zero-order valence-electron chi connectivity index (χ0n) is 17.8. The fourth-order valence-electron chi connectivity index (χ4n) is 1.99. The van der Waals surface area contributed by atoms with E-state index in [9.17, 15) is 0 Å². The first kappa shape index (κ1) is 29.1. The van der Waals surface area contributed by atoms with Crippen molar-refractivity contribution in [3.05, 3.63) is 0 Å². The van der Waals surface area contributed by atoms with Crippen LogP contribution in [0.5, 0.6) is 0 Å². The summed E-state index contributed by atoms with van der Waals surface area (Å²) < 4.78 is 0. The van der Waals surface area contributed by atoms with Gasteiger partial charge in [-0.15, -0.1) is 0 Å². The smallest absolute Gasteiger partial charge is 0.0443 e. The van der Waals surface area contributed by atoms with Gasteiger partial charge in [-0.05, 0) is 36.5 Å². The second-order valence-electron chi connectivity index (χ2n) is 6.41. The maximum Gasteiger partial charge on any atom is -0.0443 e. The molecular weight excluding hydrogens is 252 g/mol. The van der Waals surface area contributed by atoms with E-state index in [1.807, 2.05) is 27.7 Å². The molecule has 0 aromatic rings. The first-order chi connectivity index (χ1) is 9.87. The highest BCUT2D eigenvalue weighted by molar-refractivity contribution is 4.55. The van der Waals surface area contributed by atoms with E-state index in [2.05, 4.69) is 55.4 Å². The van der Waals surface area contributed by atoms with E-state index in [4.69, 9.17) is 0 Å². The molecule has 0 saturated carbocycles. The molecule has 21 heavy (non-hydrogen) atoms. The van der Waals surface area contributed by atoms with Crippen molar-refractivity contribution in [1.29, 1.82) is 0 Å². The van der Waals surface area contributed by atoms with Crippen molar-refractivity contribution in [3.63, 3.8) is 0 Å². The van der Waals surface area contributed by atoms with E-state index in [0.717, 1.165) is 23.7 Å². The molecule has 0 heteroatoms. The Labute approximate surface area is 139 Å². The van der Waals surface area contributed by atoms with Crippen LogP contribution in [0.2, 0.25) is 0 Å². The molecule has 0 N–H and O–H groups in total. The molecule has 3 unspecified atom stereocenters. The summed E-state index contributed by atoms with van der Waals surface area (Å²) in [6.45, 7) is 26.4. The molecular formula is C21H50. The Morgan fingerprint density at radius 2 is 0.714 bits per heavy atom. The summed E-state index contributed by atoms with van der Waals surface area (Å²) in [5, 5.41) is 0. The highest BCUT2D eigenvalue weighted by Gasteiger charge is 2.03. The van der Waals surface area contributed by atoms with Gasteiger partial charge in [0.15, 0.2) is 0 Å². The summed E-state index contributed by atoms with van der Waals surface area (Å²) in [5.41, 5.74) is 0. The van der Waals surface area contributed by atoms with Crippen molar-refractivity contribution in [1.82, 2.24) is 0 Å². The SMILES string of the molecule is CC.CC.CCC(C)CC(C)C.CCC(C)CC(C)CC. The Hall–Kier alpha value is 0. The van der Waals surface area contributed by atoms with Gasteiger partial charge in [0, 0.05) is 0 Å². The first-order valence-electron chi connectivity index (χ1n) is 9.87. The lowest BCUT2D eigenvalue weighted by Gasteiger charge is -2.12. The van der Waals surface area contributed by atoms with Crippen molar-refractivity contribution in [2.24, 2.45) is 23.7 Å². The van der Waals surface area contributed by atoms with Gasteiger partial charge in [-0.2, -0.15) is 0 Å². The Morgan fingerprint density at radius 3 is 0.857 bits per heavy atom. The summed E-state index contributed by atoms with van der Waals surface area (Å²) in [6.07, 6.45) is 6.80. The van der Waals surface area contributed by atoms with Crippen molar-refractivity contribution < 1.29 is 0 Å². The largest absolute Gasteiger partial charge is 0.0683 e. The maximum atomic E-state index is 2.34. The lowest BCUT2D eigenvalue weighted by molar-refractivity contribution is 0.397. The Bertz CT molecular complexity index is 129. The molecule has 0 spiro atoms. The van der Waals surface area contributed by atoms with E-state index in [-0.39, 0.29) is 0 Å². The van der Waals surface area contributed by atoms with Gasteiger partial charge < -0.3 is 0 Å². The van der Waals surface area contributed by atoms with E-state index in [1.54, 1.807) is 0 Å². The van der Waals surface area contributed by atoms with Crippen LogP contribution in [0.4, 0.5) is 0 Å². The number of rotatable bonds is 7. The zero-order chi connectivity index (χ0) is 17.8. The molecule has 0 heterocycles. The van der Waals surface area contributed by atoms with Crippen molar-refractivity contribution in [3.8, 4) is 0 Å². The predicted octanol–water partition coefficient (Wildman–Crippen LogP) is 8.60. The zero-order valence-corrected chi connectivity index (χ0v) is 17.8. The maximum absolute atomic E-state index is 2.34. The topological polar surface area (TPSA) is 0 Å². The van der Waals surface area contributed by atoms with Gasteiger partial charge in [0.25, 0.3) is 0 Å². The minimum Gasteiger partial charge on any atom is -0.0683 e. The lowest BCUT2D eigenvalue weighted by Crippen LogP contribution is -2.00. The van der Waals surface area contributed by atoms with Gasteiger partial charge in [-0.3, -0.25) is 0 Å². The molecule has 3 atom stereocenters. The minimum atomic E-state index is 0.880. The highest BCUT2D eigenvalue weighted by atomic mass is 14.1. The molecule has 0 aromatic carbocycles. The normalized spacial score (nSPS) is 13.6. The lowest BCUT2D eigenvalue weighted by atomic mass is 9.94. The van der Waals surface area contributed by atoms with Crippen LogP contribution in [0.25, 0.3) is 0 Å². The predicted molar refractivity (Wildman–Crippen MR) is 105 cm³/mol. The van der Waals surface area contributed by atoms with E-state index < -0.39 is 0 Å². The minimum absolute atomic E-state index is 0.880. The van der Waals surface area contributed by atoms with Crippen LogP contribution in [0.1, 0.15) is 115 Å². The fourth-order valence-corrected chi connectivity index (χ4v) is 1.99. The summed E-state index contributed by atoms with van der Waals surface area (Å²) >= 11 is 0. The average Bonchev–Trinajstić information content (AvgIpc) is 2.50. The van der Waals surface area contributed by atoms with Gasteiger partial charge in [-0.1, -0.05) is 102 Å². The third-order valence-corrected chi connectivity index (χ3v) is 3.77. The molecule has 0 amide bonds. The first-order valence-corrected chi connectivity index (χ1v) is 9.87. The quantitative estimate of drug-likeness (QED) is 0.441. The molecule has 0 radical (unpaired) electrons. The Balaban J connectivity index is -0.000000111. The third kappa shape index (κ3) is 33.1. The van der Waals surface area contributed by atoms with Crippen molar-refractivity contribution in [2.45, 2.75) is 115 Å². The van der Waals surface area contributed by atoms with Crippen LogP contribution in [-0.4, -0.2) is 0 Å². The molecule has 0 aliphatic rings. The second kappa shape index (κ2) is 25.0. The van der Waals surface area contributed by atoms with E-state index >= 15 is 0 Å². The third-order valence-electron chi connectivity index (χ3n) is 3.77. The summed E-state index contributed by atoms with van der Waals surface area (Å²) in [6, 6.07) is 0. The molecule has 0 saturated heterocycles. The van der Waals surface area contributed by atoms with Crippen LogP contribution in [0.3, 0.4) is 0 Å². The summed E-state index contributed by atoms with van der Waals surface area (Å²) in [5.74, 6) is 3.67. The van der Waals surface area contributed by atoms with Gasteiger partial charge in [0.1, 0.15) is 0 Å². The van der Waals surface area contributed by atoms with Crippen LogP contribution in [-0.2, 0) is 0 Å². The van der Waals surface area contributed by atoms with Gasteiger partial charge in [0.05, 0.1) is 0 Å². The molecule has 0 rings (SSSR count). The van der Waals surface area contributed by atoms with Crippen LogP contribution >= 0.6 is 0 Å². The van der Waals surface area contributed by atoms with Crippen LogP contribution < -0.4 is 0 Å².